The SMILES string of the molecule is COc1ccc(B(O)O)cc1Cn1ccn(C)c(=O)c1=O. The van der Waals surface area contributed by atoms with Crippen molar-refractivity contribution in [2.75, 3.05) is 7.11 Å². The molecule has 21 heavy (non-hydrogen) atoms. The number of methoxy groups -OCH3 is 1. The van der Waals surface area contributed by atoms with Gasteiger partial charge in [0.25, 0.3) is 0 Å². The molecule has 0 aliphatic heterocycles. The van der Waals surface area contributed by atoms with Crippen molar-refractivity contribution in [2.24, 2.45) is 7.05 Å². The maximum atomic E-state index is 11.9. The number of benzene rings is 1. The predicted molar refractivity (Wildman–Crippen MR) is 77.9 cm³/mol. The summed E-state index contributed by atoms with van der Waals surface area (Å²) in [6.07, 6.45) is 2.98. The molecule has 0 radical (unpaired) electrons. The molecule has 8 heteroatoms. The lowest BCUT2D eigenvalue weighted by Crippen LogP contribution is -2.39. The molecule has 0 atom stereocenters. The Hall–Kier alpha value is -2.32. The van der Waals surface area contributed by atoms with Gasteiger partial charge in [-0.25, -0.2) is 0 Å². The van der Waals surface area contributed by atoms with E-state index in [9.17, 15) is 19.6 Å². The number of hydrogen-bond acceptors (Lipinski definition) is 5. The minimum Gasteiger partial charge on any atom is -0.496 e. The maximum absolute atomic E-state index is 11.9. The third-order valence-corrected chi connectivity index (χ3v) is 3.18. The number of hydrogen-bond donors (Lipinski definition) is 2. The molecular weight excluding hydrogens is 275 g/mol. The van der Waals surface area contributed by atoms with Gasteiger partial charge in [-0.1, -0.05) is 12.1 Å². The zero-order valence-electron chi connectivity index (χ0n) is 11.7. The zero-order chi connectivity index (χ0) is 15.6. The van der Waals surface area contributed by atoms with Crippen molar-refractivity contribution in [2.45, 2.75) is 6.54 Å². The standard InChI is InChI=1S/C13H15BN2O5/c1-15-5-6-16(13(18)12(15)17)8-9-7-10(14(19)20)3-4-11(9)21-2/h3-7,19-20H,8H2,1-2H3. The van der Waals surface area contributed by atoms with E-state index in [4.69, 9.17) is 4.74 Å². The highest BCUT2D eigenvalue weighted by atomic mass is 16.5. The van der Waals surface area contributed by atoms with Crippen LogP contribution >= 0.6 is 0 Å². The van der Waals surface area contributed by atoms with Gasteiger partial charge in [0.15, 0.2) is 0 Å². The summed E-state index contributed by atoms with van der Waals surface area (Å²) in [6, 6.07) is 4.61. The molecule has 0 unspecified atom stereocenters. The second kappa shape index (κ2) is 5.98. The lowest BCUT2D eigenvalue weighted by molar-refractivity contribution is 0.407. The van der Waals surface area contributed by atoms with Crippen molar-refractivity contribution in [3.63, 3.8) is 0 Å². The molecule has 0 spiro atoms. The van der Waals surface area contributed by atoms with Gasteiger partial charge in [-0.15, -0.1) is 0 Å². The van der Waals surface area contributed by atoms with Crippen LogP contribution in [0.2, 0.25) is 0 Å². The Bertz CT molecular complexity index is 766. The van der Waals surface area contributed by atoms with Crippen molar-refractivity contribution in [1.82, 2.24) is 9.13 Å². The number of ether oxygens (including phenoxy) is 1. The summed E-state index contributed by atoms with van der Waals surface area (Å²) < 4.78 is 7.63. The van der Waals surface area contributed by atoms with Gasteiger partial charge in [0.05, 0.1) is 13.7 Å². The topological polar surface area (TPSA) is 93.7 Å². The van der Waals surface area contributed by atoms with E-state index in [1.165, 1.54) is 47.8 Å². The third kappa shape index (κ3) is 3.06. The smallest absolute Gasteiger partial charge is 0.488 e. The first-order chi connectivity index (χ1) is 9.93. The molecule has 1 aromatic heterocycles. The highest BCUT2D eigenvalue weighted by Crippen LogP contribution is 2.17. The van der Waals surface area contributed by atoms with Crippen LogP contribution in [0, 0.1) is 0 Å². The monoisotopic (exact) mass is 290 g/mol. The van der Waals surface area contributed by atoms with Gasteiger partial charge in [-0.2, -0.15) is 0 Å². The van der Waals surface area contributed by atoms with Gasteiger partial charge in [0.1, 0.15) is 5.75 Å². The highest BCUT2D eigenvalue weighted by molar-refractivity contribution is 6.58. The largest absolute Gasteiger partial charge is 0.496 e. The predicted octanol–water partition coefficient (Wildman–Crippen LogP) is -1.72. The maximum Gasteiger partial charge on any atom is 0.488 e. The lowest BCUT2D eigenvalue weighted by Gasteiger charge is -2.12. The summed E-state index contributed by atoms with van der Waals surface area (Å²) in [7, 11) is 1.35. The number of aryl methyl sites for hydroxylation is 1. The summed E-state index contributed by atoms with van der Waals surface area (Å²) in [6.45, 7) is 0.0959. The summed E-state index contributed by atoms with van der Waals surface area (Å²) >= 11 is 0. The van der Waals surface area contributed by atoms with Crippen LogP contribution in [0.4, 0.5) is 0 Å². The van der Waals surface area contributed by atoms with Crippen molar-refractivity contribution in [1.29, 1.82) is 0 Å². The molecule has 0 aliphatic carbocycles. The Morgan fingerprint density at radius 1 is 1.19 bits per heavy atom. The molecule has 7 nitrogen and oxygen atoms in total. The fourth-order valence-electron chi connectivity index (χ4n) is 1.98. The van der Waals surface area contributed by atoms with Crippen LogP contribution < -0.4 is 21.3 Å². The van der Waals surface area contributed by atoms with E-state index < -0.39 is 18.2 Å². The molecule has 0 fully saturated rings. The average Bonchev–Trinajstić information content (AvgIpc) is 2.47. The molecule has 110 valence electrons. The van der Waals surface area contributed by atoms with Gasteiger partial charge < -0.3 is 23.9 Å². The number of rotatable bonds is 4. The fourth-order valence-corrected chi connectivity index (χ4v) is 1.98. The first-order valence-electron chi connectivity index (χ1n) is 6.23. The van der Waals surface area contributed by atoms with Crippen LogP contribution in [-0.4, -0.2) is 33.4 Å². The summed E-state index contributed by atoms with van der Waals surface area (Å²) in [4.78, 5) is 23.5. The Balaban J connectivity index is 2.48. The first-order valence-corrected chi connectivity index (χ1v) is 6.23. The normalized spacial score (nSPS) is 10.5. The lowest BCUT2D eigenvalue weighted by atomic mass is 9.79. The molecule has 0 saturated carbocycles. The number of aromatic nitrogens is 2. The average molecular weight is 290 g/mol. The Labute approximate surface area is 120 Å². The molecule has 2 rings (SSSR count). The van der Waals surface area contributed by atoms with Crippen LogP contribution in [0.25, 0.3) is 0 Å². The summed E-state index contributed by atoms with van der Waals surface area (Å²) in [5.41, 5.74) is -0.437. The molecule has 2 N–H and O–H groups in total. The van der Waals surface area contributed by atoms with Crippen LogP contribution in [-0.2, 0) is 13.6 Å². The Kier molecular flexibility index (Phi) is 4.30. The van der Waals surface area contributed by atoms with Crippen molar-refractivity contribution >= 4 is 12.6 Å². The van der Waals surface area contributed by atoms with Crippen LogP contribution in [0.15, 0.2) is 40.2 Å². The minimum absolute atomic E-state index is 0.0959. The molecule has 1 heterocycles. The highest BCUT2D eigenvalue weighted by Gasteiger charge is 2.14. The van der Waals surface area contributed by atoms with E-state index in [1.54, 1.807) is 6.07 Å². The summed E-state index contributed by atoms with van der Waals surface area (Å²) in [5, 5.41) is 18.4. The van der Waals surface area contributed by atoms with Crippen LogP contribution in [0.5, 0.6) is 5.75 Å². The Morgan fingerprint density at radius 2 is 1.90 bits per heavy atom. The van der Waals surface area contributed by atoms with E-state index in [2.05, 4.69) is 0 Å². The molecule has 1 aromatic carbocycles. The second-order valence-electron chi connectivity index (χ2n) is 4.59. The first kappa shape index (κ1) is 15.1. The van der Waals surface area contributed by atoms with Gasteiger partial charge >= 0.3 is 18.2 Å². The van der Waals surface area contributed by atoms with Gasteiger partial charge in [0, 0.05) is 25.0 Å². The molecule has 0 bridgehead atoms. The minimum atomic E-state index is -1.62. The zero-order valence-corrected chi connectivity index (χ0v) is 11.7. The van der Waals surface area contributed by atoms with Gasteiger partial charge in [0.2, 0.25) is 0 Å². The number of nitrogens with zero attached hydrogens (tertiary/aromatic N) is 2. The quantitative estimate of drug-likeness (QED) is 0.516. The molecule has 0 aliphatic rings. The van der Waals surface area contributed by atoms with E-state index in [0.717, 1.165) is 0 Å². The van der Waals surface area contributed by atoms with Crippen molar-refractivity contribution < 1.29 is 14.8 Å². The van der Waals surface area contributed by atoms with Crippen molar-refractivity contribution in [3.05, 3.63) is 56.9 Å². The van der Waals surface area contributed by atoms with Gasteiger partial charge in [-0.3, -0.25) is 9.59 Å². The Morgan fingerprint density at radius 3 is 2.52 bits per heavy atom. The van der Waals surface area contributed by atoms with Gasteiger partial charge in [-0.05, 0) is 11.5 Å². The van der Waals surface area contributed by atoms with E-state index in [-0.39, 0.29) is 12.0 Å². The van der Waals surface area contributed by atoms with Crippen LogP contribution in [0.3, 0.4) is 0 Å². The van der Waals surface area contributed by atoms with E-state index in [1.807, 2.05) is 0 Å². The fraction of sp³-hybridized carbons (Fsp3) is 0.231. The van der Waals surface area contributed by atoms with E-state index >= 15 is 0 Å². The van der Waals surface area contributed by atoms with Crippen LogP contribution in [0.1, 0.15) is 5.56 Å². The molecular formula is C13H15BN2O5. The molecule has 2 aromatic rings. The van der Waals surface area contributed by atoms with E-state index in [0.29, 0.717) is 11.3 Å². The summed E-state index contributed by atoms with van der Waals surface area (Å²) in [5.74, 6) is 0.493. The second-order valence-corrected chi connectivity index (χ2v) is 4.59. The molecule has 0 saturated heterocycles. The third-order valence-electron chi connectivity index (χ3n) is 3.18. The molecule has 0 amide bonds. The van der Waals surface area contributed by atoms with Crippen molar-refractivity contribution in [3.8, 4) is 5.75 Å².